The summed E-state index contributed by atoms with van der Waals surface area (Å²) in [7, 11) is 0. The summed E-state index contributed by atoms with van der Waals surface area (Å²) in [5, 5.41) is 11.2. The number of hydrogen-bond donors (Lipinski definition) is 2. The molecule has 19 heavy (non-hydrogen) atoms. The van der Waals surface area contributed by atoms with Crippen LogP contribution >= 0.6 is 0 Å². The Kier molecular flexibility index (Phi) is 3.98. The second-order valence-corrected chi connectivity index (χ2v) is 6.06. The van der Waals surface area contributed by atoms with Crippen molar-refractivity contribution >= 4 is 0 Å². The highest BCUT2D eigenvalue weighted by atomic mass is 19.1. The van der Waals surface area contributed by atoms with Crippen molar-refractivity contribution in [1.82, 2.24) is 0 Å². The van der Waals surface area contributed by atoms with E-state index in [2.05, 4.69) is 6.92 Å². The van der Waals surface area contributed by atoms with E-state index in [4.69, 9.17) is 5.73 Å². The van der Waals surface area contributed by atoms with Crippen LogP contribution in [0.3, 0.4) is 0 Å². The van der Waals surface area contributed by atoms with Crippen molar-refractivity contribution in [3.8, 4) is 0 Å². The fraction of sp³-hybridized carbons (Fsp3) is 0.625. The quantitative estimate of drug-likeness (QED) is 0.878. The monoisotopic (exact) mass is 265 g/mol. The highest BCUT2D eigenvalue weighted by Gasteiger charge is 2.52. The van der Waals surface area contributed by atoms with Gasteiger partial charge in [0.15, 0.2) is 0 Å². The summed E-state index contributed by atoms with van der Waals surface area (Å²) >= 11 is 0. The van der Waals surface area contributed by atoms with Gasteiger partial charge in [-0.1, -0.05) is 26.0 Å². The van der Waals surface area contributed by atoms with Crippen LogP contribution in [0.2, 0.25) is 0 Å². The van der Waals surface area contributed by atoms with Gasteiger partial charge in [0.2, 0.25) is 0 Å². The minimum absolute atomic E-state index is 0.303. The Morgan fingerprint density at radius 1 is 1.53 bits per heavy atom. The average molecular weight is 265 g/mol. The number of hydrogen-bond acceptors (Lipinski definition) is 2. The van der Waals surface area contributed by atoms with Gasteiger partial charge in [0.05, 0.1) is 5.60 Å². The largest absolute Gasteiger partial charge is 0.385 e. The first kappa shape index (κ1) is 14.5. The predicted molar refractivity (Wildman–Crippen MR) is 75.1 cm³/mol. The fourth-order valence-electron chi connectivity index (χ4n) is 3.75. The van der Waals surface area contributed by atoms with Crippen LogP contribution in [0.25, 0.3) is 0 Å². The molecule has 1 aliphatic rings. The third-order valence-corrected chi connectivity index (χ3v) is 4.94. The first-order valence-electron chi connectivity index (χ1n) is 7.16. The second-order valence-electron chi connectivity index (χ2n) is 6.06. The molecule has 1 saturated carbocycles. The van der Waals surface area contributed by atoms with E-state index in [0.29, 0.717) is 24.4 Å². The Morgan fingerprint density at radius 3 is 2.74 bits per heavy atom. The highest BCUT2D eigenvalue weighted by molar-refractivity contribution is 5.27. The molecule has 1 aromatic carbocycles. The lowest BCUT2D eigenvalue weighted by Crippen LogP contribution is -2.48. The topological polar surface area (TPSA) is 46.2 Å². The lowest BCUT2D eigenvalue weighted by Gasteiger charge is -2.45. The van der Waals surface area contributed by atoms with Gasteiger partial charge in [0.1, 0.15) is 5.82 Å². The Balaban J connectivity index is 2.46. The Hall–Kier alpha value is -0.930. The maximum atomic E-state index is 13.5. The van der Waals surface area contributed by atoms with E-state index in [1.54, 1.807) is 6.07 Å². The van der Waals surface area contributed by atoms with E-state index >= 15 is 0 Å². The molecule has 0 saturated heterocycles. The van der Waals surface area contributed by atoms with Crippen LogP contribution in [0, 0.1) is 17.2 Å². The zero-order chi connectivity index (χ0) is 14.1. The lowest BCUT2D eigenvalue weighted by atomic mass is 9.65. The van der Waals surface area contributed by atoms with Crippen LogP contribution in [0.5, 0.6) is 0 Å². The molecule has 2 rings (SSSR count). The van der Waals surface area contributed by atoms with Crippen molar-refractivity contribution in [2.45, 2.75) is 45.1 Å². The summed E-state index contributed by atoms with van der Waals surface area (Å²) in [5.74, 6) is 0.262. The van der Waals surface area contributed by atoms with Crippen molar-refractivity contribution < 1.29 is 9.50 Å². The molecule has 3 N–H and O–H groups in total. The molecule has 3 heteroatoms. The van der Waals surface area contributed by atoms with E-state index < -0.39 is 5.60 Å². The number of benzene rings is 1. The molecule has 2 nitrogen and oxygen atoms in total. The predicted octanol–water partition coefficient (Wildman–Crippen LogP) is 3.19. The summed E-state index contributed by atoms with van der Waals surface area (Å²) < 4.78 is 13.5. The molecule has 0 heterocycles. The van der Waals surface area contributed by atoms with Crippen LogP contribution in [-0.2, 0) is 5.60 Å². The molecule has 0 aromatic heterocycles. The first-order valence-corrected chi connectivity index (χ1v) is 7.16. The van der Waals surface area contributed by atoms with Crippen molar-refractivity contribution in [1.29, 1.82) is 0 Å². The normalized spacial score (nSPS) is 30.3. The minimum atomic E-state index is -1.03. The van der Waals surface area contributed by atoms with Crippen molar-refractivity contribution in [3.63, 3.8) is 0 Å². The summed E-state index contributed by atoms with van der Waals surface area (Å²) in [4.78, 5) is 0. The Bertz CT molecular complexity index is 450. The molecule has 0 bridgehead atoms. The summed E-state index contributed by atoms with van der Waals surface area (Å²) in [6, 6.07) is 6.33. The molecule has 106 valence electrons. The van der Waals surface area contributed by atoms with Crippen molar-refractivity contribution in [2.75, 3.05) is 6.54 Å². The molecular weight excluding hydrogens is 241 g/mol. The number of rotatable bonds is 4. The van der Waals surface area contributed by atoms with E-state index in [1.807, 2.05) is 13.0 Å². The Morgan fingerprint density at radius 2 is 2.26 bits per heavy atom. The van der Waals surface area contributed by atoms with Gasteiger partial charge >= 0.3 is 0 Å². The van der Waals surface area contributed by atoms with Crippen LogP contribution in [0.4, 0.5) is 4.39 Å². The van der Waals surface area contributed by atoms with Gasteiger partial charge in [-0.25, -0.2) is 4.39 Å². The van der Waals surface area contributed by atoms with E-state index in [0.717, 1.165) is 19.3 Å². The van der Waals surface area contributed by atoms with Crippen LogP contribution in [0.15, 0.2) is 24.3 Å². The van der Waals surface area contributed by atoms with E-state index in [1.165, 1.54) is 12.1 Å². The molecule has 0 aliphatic heterocycles. The third kappa shape index (κ3) is 2.30. The summed E-state index contributed by atoms with van der Waals surface area (Å²) in [6.07, 6.45) is 3.45. The molecule has 3 atom stereocenters. The standard InChI is InChI=1S/C16H24FNO/c1-3-16(19,13-5-4-6-14(17)9-13)15(11-18)8-7-12(2)10-15/h4-6,9,12,19H,3,7-8,10-11,18H2,1-2H3. The molecule has 0 spiro atoms. The molecule has 3 unspecified atom stereocenters. The van der Waals surface area contributed by atoms with Crippen molar-refractivity contribution in [2.24, 2.45) is 17.1 Å². The number of halogens is 1. The van der Waals surface area contributed by atoms with Crippen LogP contribution in [0.1, 0.15) is 45.1 Å². The van der Waals surface area contributed by atoms with Gasteiger partial charge in [0.25, 0.3) is 0 Å². The van der Waals surface area contributed by atoms with Gasteiger partial charge in [-0.2, -0.15) is 0 Å². The molecule has 0 amide bonds. The lowest BCUT2D eigenvalue weighted by molar-refractivity contribution is -0.0901. The van der Waals surface area contributed by atoms with Gasteiger partial charge in [-0.3, -0.25) is 0 Å². The second kappa shape index (κ2) is 5.22. The number of aliphatic hydroxyl groups is 1. The van der Waals surface area contributed by atoms with E-state index in [9.17, 15) is 9.50 Å². The SMILES string of the molecule is CCC(O)(c1cccc(F)c1)C1(CN)CCC(C)C1. The van der Waals surface area contributed by atoms with Gasteiger partial charge in [-0.15, -0.1) is 0 Å². The molecule has 1 aromatic rings. The average Bonchev–Trinajstić information content (AvgIpc) is 2.81. The number of nitrogens with two attached hydrogens (primary N) is 1. The summed E-state index contributed by atoms with van der Waals surface area (Å²) in [5.41, 5.74) is 5.32. The summed E-state index contributed by atoms with van der Waals surface area (Å²) in [6.45, 7) is 4.59. The highest BCUT2D eigenvalue weighted by Crippen LogP contribution is 2.54. The zero-order valence-corrected chi connectivity index (χ0v) is 11.8. The molecule has 0 radical (unpaired) electrons. The smallest absolute Gasteiger partial charge is 0.123 e. The minimum Gasteiger partial charge on any atom is -0.385 e. The third-order valence-electron chi connectivity index (χ3n) is 4.94. The fourth-order valence-corrected chi connectivity index (χ4v) is 3.75. The molecular formula is C16H24FNO. The zero-order valence-electron chi connectivity index (χ0n) is 11.8. The maximum absolute atomic E-state index is 13.5. The van der Waals surface area contributed by atoms with Crippen LogP contribution in [-0.4, -0.2) is 11.7 Å². The first-order chi connectivity index (χ1) is 8.97. The van der Waals surface area contributed by atoms with Gasteiger partial charge in [-0.05, 0) is 49.3 Å². The molecule has 1 aliphatic carbocycles. The van der Waals surface area contributed by atoms with E-state index in [-0.39, 0.29) is 11.2 Å². The van der Waals surface area contributed by atoms with Gasteiger partial charge < -0.3 is 10.8 Å². The van der Waals surface area contributed by atoms with Crippen LogP contribution < -0.4 is 5.73 Å². The molecule has 1 fully saturated rings. The Labute approximate surface area is 114 Å². The van der Waals surface area contributed by atoms with Gasteiger partial charge in [0, 0.05) is 12.0 Å². The van der Waals surface area contributed by atoms with Crippen molar-refractivity contribution in [3.05, 3.63) is 35.6 Å². The maximum Gasteiger partial charge on any atom is 0.123 e.